The van der Waals surface area contributed by atoms with E-state index in [2.05, 4.69) is 31.0 Å². The van der Waals surface area contributed by atoms with Crippen LogP contribution in [0.25, 0.3) is 0 Å². The Morgan fingerprint density at radius 1 is 1.16 bits per heavy atom. The number of methoxy groups -OCH3 is 1. The molecule has 4 nitrogen and oxygen atoms in total. The second kappa shape index (κ2) is 12.9. The number of hydrogen-bond donors (Lipinski definition) is 1. The van der Waals surface area contributed by atoms with Gasteiger partial charge in [-0.2, -0.15) is 0 Å². The largest absolute Gasteiger partial charge is 0.383 e. The van der Waals surface area contributed by atoms with Crippen LogP contribution in [0.2, 0.25) is 0 Å². The van der Waals surface area contributed by atoms with Gasteiger partial charge in [-0.25, -0.2) is 0 Å². The van der Waals surface area contributed by atoms with Crippen molar-refractivity contribution in [2.75, 3.05) is 53.1 Å². The molecular weight excluding hydrogens is 240 g/mol. The first-order valence-electron chi connectivity index (χ1n) is 7.63. The van der Waals surface area contributed by atoms with Crippen molar-refractivity contribution in [3.05, 3.63) is 0 Å². The molecule has 0 saturated heterocycles. The molecule has 0 saturated carbocycles. The van der Waals surface area contributed by atoms with Crippen LogP contribution in [0.1, 0.15) is 34.1 Å². The molecule has 1 atom stereocenters. The van der Waals surface area contributed by atoms with E-state index in [1.165, 1.54) is 0 Å². The summed E-state index contributed by atoms with van der Waals surface area (Å²) >= 11 is 0. The van der Waals surface area contributed by atoms with Gasteiger partial charge in [-0.3, -0.25) is 4.90 Å². The molecule has 1 N–H and O–H groups in total. The molecule has 4 heteroatoms. The molecule has 0 fully saturated rings. The summed E-state index contributed by atoms with van der Waals surface area (Å²) < 4.78 is 10.5. The number of rotatable bonds is 13. The molecule has 0 aliphatic rings. The third-order valence-electron chi connectivity index (χ3n) is 3.09. The average Bonchev–Trinajstić information content (AvgIpc) is 2.37. The van der Waals surface area contributed by atoms with Gasteiger partial charge in [-0.05, 0) is 32.7 Å². The highest BCUT2D eigenvalue weighted by molar-refractivity contribution is 4.71. The molecular formula is C15H34N2O2. The Hall–Kier alpha value is -0.160. The van der Waals surface area contributed by atoms with E-state index in [1.807, 2.05) is 6.92 Å². The van der Waals surface area contributed by atoms with Gasteiger partial charge >= 0.3 is 0 Å². The predicted molar refractivity (Wildman–Crippen MR) is 81.7 cm³/mol. The van der Waals surface area contributed by atoms with Gasteiger partial charge in [0, 0.05) is 46.0 Å². The molecule has 0 aromatic rings. The van der Waals surface area contributed by atoms with Crippen molar-refractivity contribution in [3.63, 3.8) is 0 Å². The van der Waals surface area contributed by atoms with Crippen molar-refractivity contribution < 1.29 is 9.47 Å². The molecule has 0 spiro atoms. The summed E-state index contributed by atoms with van der Waals surface area (Å²) in [6.07, 6.45) is 1.09. The van der Waals surface area contributed by atoms with Gasteiger partial charge in [0.25, 0.3) is 0 Å². The fourth-order valence-corrected chi connectivity index (χ4v) is 2.05. The Morgan fingerprint density at radius 3 is 2.47 bits per heavy atom. The molecule has 0 heterocycles. The Morgan fingerprint density at radius 2 is 1.89 bits per heavy atom. The monoisotopic (exact) mass is 274 g/mol. The van der Waals surface area contributed by atoms with Gasteiger partial charge in [-0.15, -0.1) is 0 Å². The highest BCUT2D eigenvalue weighted by Gasteiger charge is 2.14. The first-order valence-corrected chi connectivity index (χ1v) is 7.63. The molecule has 0 aliphatic heterocycles. The van der Waals surface area contributed by atoms with E-state index in [0.29, 0.717) is 12.0 Å². The van der Waals surface area contributed by atoms with Crippen LogP contribution in [0.4, 0.5) is 0 Å². The minimum Gasteiger partial charge on any atom is -0.383 e. The zero-order chi connectivity index (χ0) is 14.5. The summed E-state index contributed by atoms with van der Waals surface area (Å²) in [6.45, 7) is 15.5. The van der Waals surface area contributed by atoms with Crippen LogP contribution < -0.4 is 5.32 Å². The third kappa shape index (κ3) is 11.4. The van der Waals surface area contributed by atoms with Gasteiger partial charge < -0.3 is 14.8 Å². The quantitative estimate of drug-likeness (QED) is 0.521. The maximum absolute atomic E-state index is 5.33. The maximum Gasteiger partial charge on any atom is 0.0589 e. The normalized spacial score (nSPS) is 13.4. The highest BCUT2D eigenvalue weighted by atomic mass is 16.5. The lowest BCUT2D eigenvalue weighted by atomic mass is 10.1. The van der Waals surface area contributed by atoms with Gasteiger partial charge in [-0.1, -0.05) is 13.8 Å². The van der Waals surface area contributed by atoms with Crippen LogP contribution in [-0.2, 0) is 9.47 Å². The van der Waals surface area contributed by atoms with E-state index in [1.54, 1.807) is 7.11 Å². The number of nitrogens with zero attached hydrogens (tertiary/aromatic N) is 1. The van der Waals surface area contributed by atoms with Crippen LogP contribution in [0.15, 0.2) is 0 Å². The fourth-order valence-electron chi connectivity index (χ4n) is 2.05. The van der Waals surface area contributed by atoms with Crippen molar-refractivity contribution in [2.45, 2.75) is 40.2 Å². The second-order valence-corrected chi connectivity index (χ2v) is 5.49. The summed E-state index contributed by atoms with van der Waals surface area (Å²) in [5.41, 5.74) is 0. The molecule has 0 aliphatic carbocycles. The van der Waals surface area contributed by atoms with Crippen molar-refractivity contribution in [1.82, 2.24) is 10.2 Å². The van der Waals surface area contributed by atoms with E-state index in [4.69, 9.17) is 9.47 Å². The fraction of sp³-hybridized carbons (Fsp3) is 1.00. The molecule has 19 heavy (non-hydrogen) atoms. The van der Waals surface area contributed by atoms with Crippen molar-refractivity contribution in [2.24, 2.45) is 5.92 Å². The van der Waals surface area contributed by atoms with Crippen molar-refractivity contribution in [3.8, 4) is 0 Å². The Balaban J connectivity index is 3.79. The summed E-state index contributed by atoms with van der Waals surface area (Å²) in [5, 5.41) is 3.51. The maximum atomic E-state index is 5.33. The minimum absolute atomic E-state index is 0.546. The van der Waals surface area contributed by atoms with Gasteiger partial charge in [0.15, 0.2) is 0 Å². The Labute approximate surface area is 119 Å². The van der Waals surface area contributed by atoms with E-state index in [0.717, 1.165) is 52.4 Å². The van der Waals surface area contributed by atoms with Crippen LogP contribution >= 0.6 is 0 Å². The number of nitrogens with one attached hydrogen (secondary N) is 1. The van der Waals surface area contributed by atoms with Gasteiger partial charge in [0.2, 0.25) is 0 Å². The molecule has 116 valence electrons. The summed E-state index contributed by atoms with van der Waals surface area (Å²) in [7, 11) is 1.77. The highest BCUT2D eigenvalue weighted by Crippen LogP contribution is 2.04. The van der Waals surface area contributed by atoms with Gasteiger partial charge in [0.1, 0.15) is 0 Å². The standard InChI is InChI=1S/C15H34N2O2/c1-6-19-10-7-8-16-12-15(4)17(9-11-18-5)13-14(2)3/h14-16H,6-13H2,1-5H3. The van der Waals surface area contributed by atoms with E-state index in [-0.39, 0.29) is 0 Å². The molecule has 1 unspecified atom stereocenters. The third-order valence-corrected chi connectivity index (χ3v) is 3.09. The minimum atomic E-state index is 0.546. The number of ether oxygens (including phenoxy) is 2. The van der Waals surface area contributed by atoms with Crippen molar-refractivity contribution in [1.29, 1.82) is 0 Å². The molecule has 0 bridgehead atoms. The van der Waals surface area contributed by atoms with Gasteiger partial charge in [0.05, 0.1) is 6.61 Å². The molecule has 0 aromatic carbocycles. The summed E-state index contributed by atoms with van der Waals surface area (Å²) in [6, 6.07) is 0.546. The first kappa shape index (κ1) is 18.8. The van der Waals surface area contributed by atoms with Crippen LogP contribution in [0.3, 0.4) is 0 Å². The van der Waals surface area contributed by atoms with E-state index in [9.17, 15) is 0 Å². The smallest absolute Gasteiger partial charge is 0.0589 e. The Bertz CT molecular complexity index is 189. The van der Waals surface area contributed by atoms with E-state index < -0.39 is 0 Å². The average molecular weight is 274 g/mol. The topological polar surface area (TPSA) is 33.7 Å². The van der Waals surface area contributed by atoms with Crippen LogP contribution in [0.5, 0.6) is 0 Å². The lowest BCUT2D eigenvalue weighted by Crippen LogP contribution is -2.44. The zero-order valence-corrected chi connectivity index (χ0v) is 13.6. The summed E-state index contributed by atoms with van der Waals surface area (Å²) in [4.78, 5) is 2.50. The lowest BCUT2D eigenvalue weighted by molar-refractivity contribution is 0.113. The van der Waals surface area contributed by atoms with Crippen LogP contribution in [0, 0.1) is 5.92 Å². The summed E-state index contributed by atoms with van der Waals surface area (Å²) in [5.74, 6) is 0.692. The molecule has 0 radical (unpaired) electrons. The molecule has 0 aromatic heterocycles. The van der Waals surface area contributed by atoms with Crippen LogP contribution in [-0.4, -0.2) is 64.1 Å². The predicted octanol–water partition coefficient (Wildman–Crippen LogP) is 2.00. The first-order chi connectivity index (χ1) is 9.11. The molecule has 0 amide bonds. The van der Waals surface area contributed by atoms with Crippen molar-refractivity contribution >= 4 is 0 Å². The molecule has 0 rings (SSSR count). The zero-order valence-electron chi connectivity index (χ0n) is 13.6. The second-order valence-electron chi connectivity index (χ2n) is 5.49. The lowest BCUT2D eigenvalue weighted by Gasteiger charge is -2.30. The Kier molecular flexibility index (Phi) is 12.7. The number of hydrogen-bond acceptors (Lipinski definition) is 4. The SMILES string of the molecule is CCOCCCNCC(C)N(CCOC)CC(C)C. The van der Waals surface area contributed by atoms with E-state index >= 15 is 0 Å².